The molecule has 0 spiro atoms. The highest BCUT2D eigenvalue weighted by atomic mass is 35.5. The van der Waals surface area contributed by atoms with Gasteiger partial charge in [-0.25, -0.2) is 0 Å². The average Bonchev–Trinajstić information content (AvgIpc) is 2.34. The minimum atomic E-state index is 0.779. The lowest BCUT2D eigenvalue weighted by Crippen LogP contribution is -2.28. The maximum Gasteiger partial charge on any atom is 0.0226 e. The second-order valence-corrected chi connectivity index (χ2v) is 5.59. The van der Waals surface area contributed by atoms with E-state index in [1.54, 1.807) is 0 Å². The molecule has 2 unspecified atom stereocenters. The molecule has 0 aliphatic heterocycles. The van der Waals surface area contributed by atoms with Crippen molar-refractivity contribution in [1.29, 1.82) is 0 Å². The summed E-state index contributed by atoms with van der Waals surface area (Å²) in [7, 11) is 0. The number of alkyl halides is 1. The summed E-state index contributed by atoms with van der Waals surface area (Å²) in [4.78, 5) is 0. The molecule has 0 saturated carbocycles. The van der Waals surface area contributed by atoms with Crippen LogP contribution < -0.4 is 5.32 Å². The number of hydrogen-bond acceptors (Lipinski definition) is 1. The van der Waals surface area contributed by atoms with Gasteiger partial charge in [0.2, 0.25) is 0 Å². The van der Waals surface area contributed by atoms with Gasteiger partial charge < -0.3 is 5.32 Å². The molecule has 1 N–H and O–H groups in total. The van der Waals surface area contributed by atoms with Gasteiger partial charge in [-0.15, -0.1) is 11.6 Å². The van der Waals surface area contributed by atoms with Crippen LogP contribution >= 0.6 is 11.6 Å². The van der Waals surface area contributed by atoms with Gasteiger partial charge in [0, 0.05) is 5.88 Å². The van der Waals surface area contributed by atoms with Gasteiger partial charge in [-0.05, 0) is 44.2 Å². The van der Waals surface area contributed by atoms with Gasteiger partial charge in [-0.1, -0.05) is 46.5 Å². The standard InChI is InChI=1S/C15H32ClN/c1-4-7-9-14(6-3)12-17-13-15(8-5-2)10-11-16/h14-15,17H,4-13H2,1-3H3. The molecule has 0 heterocycles. The largest absolute Gasteiger partial charge is 0.316 e. The third kappa shape index (κ3) is 9.91. The van der Waals surface area contributed by atoms with Crippen LogP contribution in [-0.4, -0.2) is 19.0 Å². The van der Waals surface area contributed by atoms with E-state index >= 15 is 0 Å². The Bertz CT molecular complexity index is 144. The number of rotatable bonds is 12. The molecule has 0 radical (unpaired) electrons. The quantitative estimate of drug-likeness (QED) is 0.496. The van der Waals surface area contributed by atoms with Crippen LogP contribution in [0.25, 0.3) is 0 Å². The van der Waals surface area contributed by atoms with Crippen LogP contribution in [0, 0.1) is 11.8 Å². The molecule has 0 aromatic carbocycles. The molecular formula is C15H32ClN. The molecule has 0 amide bonds. The van der Waals surface area contributed by atoms with Crippen molar-refractivity contribution < 1.29 is 0 Å². The first-order valence-electron chi connectivity index (χ1n) is 7.55. The Balaban J connectivity index is 3.67. The van der Waals surface area contributed by atoms with Gasteiger partial charge >= 0.3 is 0 Å². The van der Waals surface area contributed by atoms with Crippen molar-refractivity contribution in [2.24, 2.45) is 11.8 Å². The first-order valence-corrected chi connectivity index (χ1v) is 8.08. The van der Waals surface area contributed by atoms with Gasteiger partial charge in [0.25, 0.3) is 0 Å². The minimum absolute atomic E-state index is 0.779. The molecule has 0 aliphatic carbocycles. The Labute approximate surface area is 114 Å². The zero-order valence-corrected chi connectivity index (χ0v) is 12.9. The van der Waals surface area contributed by atoms with E-state index in [1.165, 1.54) is 45.1 Å². The van der Waals surface area contributed by atoms with Crippen LogP contribution in [0.4, 0.5) is 0 Å². The van der Waals surface area contributed by atoms with E-state index in [0.717, 1.165) is 30.7 Å². The summed E-state index contributed by atoms with van der Waals surface area (Å²) < 4.78 is 0. The summed E-state index contributed by atoms with van der Waals surface area (Å²) in [5.41, 5.74) is 0. The fraction of sp³-hybridized carbons (Fsp3) is 1.00. The lowest BCUT2D eigenvalue weighted by Gasteiger charge is -2.19. The van der Waals surface area contributed by atoms with Crippen LogP contribution in [0.5, 0.6) is 0 Å². The Hall–Kier alpha value is 0.250. The SMILES string of the molecule is CCCCC(CC)CNCC(CCC)CCCl. The Morgan fingerprint density at radius 2 is 1.59 bits per heavy atom. The summed E-state index contributed by atoms with van der Waals surface area (Å²) in [5, 5.41) is 3.66. The van der Waals surface area contributed by atoms with Gasteiger partial charge in [0.05, 0.1) is 0 Å². The number of unbranched alkanes of at least 4 members (excludes halogenated alkanes) is 1. The summed E-state index contributed by atoms with van der Waals surface area (Å²) in [5.74, 6) is 2.45. The molecule has 1 nitrogen and oxygen atoms in total. The fourth-order valence-corrected chi connectivity index (χ4v) is 2.65. The van der Waals surface area contributed by atoms with Crippen molar-refractivity contribution in [2.45, 2.75) is 65.7 Å². The van der Waals surface area contributed by atoms with E-state index in [1.807, 2.05) is 0 Å². The number of nitrogens with one attached hydrogen (secondary N) is 1. The summed E-state index contributed by atoms with van der Waals surface area (Å²) in [6, 6.07) is 0. The van der Waals surface area contributed by atoms with E-state index in [2.05, 4.69) is 26.1 Å². The Morgan fingerprint density at radius 1 is 0.882 bits per heavy atom. The van der Waals surface area contributed by atoms with Crippen LogP contribution in [0.15, 0.2) is 0 Å². The molecule has 17 heavy (non-hydrogen) atoms. The molecule has 0 fully saturated rings. The predicted octanol–water partition coefficient (Wildman–Crippen LogP) is 4.84. The van der Waals surface area contributed by atoms with Crippen molar-refractivity contribution in [3.63, 3.8) is 0 Å². The van der Waals surface area contributed by atoms with Crippen LogP contribution in [0.1, 0.15) is 65.7 Å². The maximum atomic E-state index is 5.84. The van der Waals surface area contributed by atoms with E-state index in [4.69, 9.17) is 11.6 Å². The molecule has 104 valence electrons. The smallest absolute Gasteiger partial charge is 0.0226 e. The molecule has 0 saturated heterocycles. The van der Waals surface area contributed by atoms with Crippen molar-refractivity contribution in [1.82, 2.24) is 5.32 Å². The van der Waals surface area contributed by atoms with Crippen molar-refractivity contribution in [2.75, 3.05) is 19.0 Å². The Morgan fingerprint density at radius 3 is 2.12 bits per heavy atom. The maximum absolute atomic E-state index is 5.84. The van der Waals surface area contributed by atoms with Gasteiger partial charge in [-0.2, -0.15) is 0 Å². The lowest BCUT2D eigenvalue weighted by atomic mass is 9.97. The molecule has 0 aliphatic rings. The number of hydrogen-bond donors (Lipinski definition) is 1. The van der Waals surface area contributed by atoms with Crippen LogP contribution in [-0.2, 0) is 0 Å². The highest BCUT2D eigenvalue weighted by Gasteiger charge is 2.09. The molecule has 2 heteroatoms. The third-order valence-electron chi connectivity index (χ3n) is 3.62. The van der Waals surface area contributed by atoms with E-state index < -0.39 is 0 Å². The minimum Gasteiger partial charge on any atom is -0.316 e. The zero-order valence-electron chi connectivity index (χ0n) is 12.1. The normalized spacial score (nSPS) is 14.8. The highest BCUT2D eigenvalue weighted by Crippen LogP contribution is 2.13. The summed E-state index contributed by atoms with van der Waals surface area (Å²) in [6.45, 7) is 9.20. The van der Waals surface area contributed by atoms with Crippen molar-refractivity contribution >= 4 is 11.6 Å². The van der Waals surface area contributed by atoms with Crippen LogP contribution in [0.3, 0.4) is 0 Å². The van der Waals surface area contributed by atoms with E-state index in [9.17, 15) is 0 Å². The first-order chi connectivity index (χ1) is 8.28. The van der Waals surface area contributed by atoms with E-state index in [0.29, 0.717) is 0 Å². The second kappa shape index (κ2) is 12.7. The van der Waals surface area contributed by atoms with Crippen molar-refractivity contribution in [3.05, 3.63) is 0 Å². The predicted molar refractivity (Wildman–Crippen MR) is 79.9 cm³/mol. The molecule has 0 aromatic rings. The molecule has 0 rings (SSSR count). The molecular weight excluding hydrogens is 230 g/mol. The zero-order chi connectivity index (χ0) is 12.9. The lowest BCUT2D eigenvalue weighted by molar-refractivity contribution is 0.376. The molecule has 0 bridgehead atoms. The molecule has 0 aromatic heterocycles. The number of halogens is 1. The monoisotopic (exact) mass is 261 g/mol. The van der Waals surface area contributed by atoms with Gasteiger partial charge in [0.1, 0.15) is 0 Å². The van der Waals surface area contributed by atoms with Gasteiger partial charge in [-0.3, -0.25) is 0 Å². The fourth-order valence-electron chi connectivity index (χ4n) is 2.35. The van der Waals surface area contributed by atoms with Crippen molar-refractivity contribution in [3.8, 4) is 0 Å². The summed E-state index contributed by atoms with van der Waals surface area (Å²) >= 11 is 5.84. The Kier molecular flexibility index (Phi) is 12.9. The highest BCUT2D eigenvalue weighted by molar-refractivity contribution is 6.17. The molecule has 2 atom stereocenters. The summed E-state index contributed by atoms with van der Waals surface area (Å²) in [6.07, 6.45) is 9.13. The first kappa shape index (κ1) is 17.2. The second-order valence-electron chi connectivity index (χ2n) is 5.21. The van der Waals surface area contributed by atoms with E-state index in [-0.39, 0.29) is 0 Å². The topological polar surface area (TPSA) is 12.0 Å². The van der Waals surface area contributed by atoms with Crippen LogP contribution in [0.2, 0.25) is 0 Å². The van der Waals surface area contributed by atoms with Gasteiger partial charge in [0.15, 0.2) is 0 Å². The average molecular weight is 262 g/mol. The third-order valence-corrected chi connectivity index (χ3v) is 3.84.